The molecule has 3 rings (SSSR count). The predicted molar refractivity (Wildman–Crippen MR) is 64.8 cm³/mol. The first-order valence-corrected chi connectivity index (χ1v) is 5.79. The quantitative estimate of drug-likeness (QED) is 0.878. The smallest absolute Gasteiger partial charge is 0.227 e. The van der Waals surface area contributed by atoms with E-state index in [1.54, 1.807) is 6.07 Å². The van der Waals surface area contributed by atoms with Crippen molar-refractivity contribution in [3.05, 3.63) is 59.4 Å². The van der Waals surface area contributed by atoms with Gasteiger partial charge in [-0.25, -0.2) is 4.98 Å². The van der Waals surface area contributed by atoms with Gasteiger partial charge in [0.05, 0.1) is 18.9 Å². The van der Waals surface area contributed by atoms with Crippen LogP contribution >= 0.6 is 0 Å². The van der Waals surface area contributed by atoms with Crippen molar-refractivity contribution in [2.75, 3.05) is 0 Å². The molecule has 1 aliphatic heterocycles. The molecule has 0 amide bonds. The maximum Gasteiger partial charge on any atom is 0.227 e. The molecule has 0 fully saturated rings. The fraction of sp³-hybridized carbons (Fsp3) is 0.214. The molecule has 18 heavy (non-hydrogen) atoms. The number of fused-ring (bicyclic) bond motifs is 1. The average Bonchev–Trinajstić information content (AvgIpc) is 2.47. The number of rotatable bonds is 2. The number of aliphatic hydroxyl groups excluding tert-OH is 1. The van der Waals surface area contributed by atoms with Gasteiger partial charge < -0.3 is 14.6 Å². The van der Waals surface area contributed by atoms with Crippen LogP contribution in [0.4, 0.5) is 0 Å². The Bertz CT molecular complexity index is 542. The molecule has 0 radical (unpaired) electrons. The Morgan fingerprint density at radius 3 is 2.78 bits per heavy atom. The molecule has 0 unspecified atom stereocenters. The highest BCUT2D eigenvalue weighted by Crippen LogP contribution is 2.31. The Morgan fingerprint density at radius 1 is 1.17 bits per heavy atom. The Labute approximate surface area is 105 Å². The third kappa shape index (κ3) is 2.08. The molecule has 1 aromatic heterocycles. The van der Waals surface area contributed by atoms with Gasteiger partial charge in [-0.3, -0.25) is 0 Å². The zero-order chi connectivity index (χ0) is 12.4. The molecule has 1 aliphatic rings. The second-order valence-electron chi connectivity index (χ2n) is 4.08. The second-order valence-corrected chi connectivity index (χ2v) is 4.08. The minimum Gasteiger partial charge on any atom is -0.459 e. The van der Waals surface area contributed by atoms with Crippen LogP contribution < -0.4 is 4.74 Å². The van der Waals surface area contributed by atoms with Crippen LogP contribution in [0.25, 0.3) is 0 Å². The van der Waals surface area contributed by atoms with E-state index in [0.29, 0.717) is 18.1 Å². The first-order valence-electron chi connectivity index (χ1n) is 5.79. The van der Waals surface area contributed by atoms with Crippen LogP contribution in [0.2, 0.25) is 0 Å². The molecule has 1 N–H and O–H groups in total. The molecule has 4 heteroatoms. The van der Waals surface area contributed by atoms with Gasteiger partial charge in [0.2, 0.25) is 6.29 Å². The van der Waals surface area contributed by atoms with Gasteiger partial charge in [-0.15, -0.1) is 0 Å². The van der Waals surface area contributed by atoms with Gasteiger partial charge in [-0.1, -0.05) is 30.3 Å². The van der Waals surface area contributed by atoms with E-state index in [1.165, 1.54) is 0 Å². The van der Waals surface area contributed by atoms with Crippen molar-refractivity contribution < 1.29 is 14.6 Å². The molecule has 4 nitrogen and oxygen atoms in total. The molecular formula is C14H13NO3. The number of hydrogen-bond donors (Lipinski definition) is 1. The highest BCUT2D eigenvalue weighted by Gasteiger charge is 2.22. The van der Waals surface area contributed by atoms with Crippen molar-refractivity contribution in [1.82, 2.24) is 4.98 Å². The average molecular weight is 243 g/mol. The van der Waals surface area contributed by atoms with E-state index in [2.05, 4.69) is 4.98 Å². The Balaban J connectivity index is 1.85. The predicted octanol–water partition coefficient (Wildman–Crippen LogP) is 2.18. The zero-order valence-corrected chi connectivity index (χ0v) is 9.74. The molecule has 1 atom stereocenters. The summed E-state index contributed by atoms with van der Waals surface area (Å²) < 4.78 is 11.4. The van der Waals surface area contributed by atoms with E-state index in [-0.39, 0.29) is 12.9 Å². The van der Waals surface area contributed by atoms with Gasteiger partial charge in [0.15, 0.2) is 0 Å². The first-order chi connectivity index (χ1) is 8.86. The van der Waals surface area contributed by atoms with E-state index in [1.807, 2.05) is 36.4 Å². The highest BCUT2D eigenvalue weighted by atomic mass is 16.7. The molecule has 0 saturated heterocycles. The van der Waals surface area contributed by atoms with Crippen molar-refractivity contribution >= 4 is 0 Å². The van der Waals surface area contributed by atoms with Gasteiger partial charge in [0, 0.05) is 5.56 Å². The monoisotopic (exact) mass is 243 g/mol. The number of nitrogens with zero attached hydrogens (tertiary/aromatic N) is 1. The molecule has 2 heterocycles. The normalized spacial score (nSPS) is 17.9. The summed E-state index contributed by atoms with van der Waals surface area (Å²) in [4.78, 5) is 4.26. The third-order valence-corrected chi connectivity index (χ3v) is 2.83. The SMILES string of the molecule is OCc1ccc2c(n1)CO[C@H](c1ccccc1)O2. The fourth-order valence-corrected chi connectivity index (χ4v) is 1.91. The molecule has 1 aromatic carbocycles. The number of pyridine rings is 1. The Kier molecular flexibility index (Phi) is 2.96. The summed E-state index contributed by atoms with van der Waals surface area (Å²) in [5.74, 6) is 0.715. The lowest BCUT2D eigenvalue weighted by atomic mass is 10.2. The van der Waals surface area contributed by atoms with Crippen molar-refractivity contribution in [2.45, 2.75) is 19.5 Å². The van der Waals surface area contributed by atoms with Gasteiger partial charge >= 0.3 is 0 Å². The van der Waals surface area contributed by atoms with Crippen LogP contribution in [0.3, 0.4) is 0 Å². The summed E-state index contributed by atoms with van der Waals surface area (Å²) >= 11 is 0. The van der Waals surface area contributed by atoms with E-state index in [4.69, 9.17) is 14.6 Å². The van der Waals surface area contributed by atoms with Crippen LogP contribution in [0, 0.1) is 0 Å². The molecule has 2 aromatic rings. The molecule has 0 aliphatic carbocycles. The van der Waals surface area contributed by atoms with Gasteiger partial charge in [-0.05, 0) is 12.1 Å². The Hall–Kier alpha value is -1.91. The fourth-order valence-electron chi connectivity index (χ4n) is 1.91. The van der Waals surface area contributed by atoms with Crippen LogP contribution in [-0.2, 0) is 18.0 Å². The van der Waals surface area contributed by atoms with Crippen molar-refractivity contribution in [3.63, 3.8) is 0 Å². The first kappa shape index (κ1) is 11.2. The van der Waals surface area contributed by atoms with Crippen LogP contribution in [-0.4, -0.2) is 10.1 Å². The number of aromatic nitrogens is 1. The highest BCUT2D eigenvalue weighted by molar-refractivity contribution is 5.31. The van der Waals surface area contributed by atoms with E-state index >= 15 is 0 Å². The van der Waals surface area contributed by atoms with E-state index in [0.717, 1.165) is 11.3 Å². The summed E-state index contributed by atoms with van der Waals surface area (Å²) in [6.07, 6.45) is -0.388. The standard InChI is InChI=1S/C14H13NO3/c16-8-11-6-7-13-12(15-11)9-17-14(18-13)10-4-2-1-3-5-10/h1-7,14,16H,8-9H2/t14-/m0/s1. The largest absolute Gasteiger partial charge is 0.459 e. The summed E-state index contributed by atoms with van der Waals surface area (Å²) in [5.41, 5.74) is 2.34. The minimum absolute atomic E-state index is 0.0740. The van der Waals surface area contributed by atoms with Crippen molar-refractivity contribution in [1.29, 1.82) is 0 Å². The number of benzene rings is 1. The Morgan fingerprint density at radius 2 is 2.00 bits per heavy atom. The molecule has 92 valence electrons. The van der Waals surface area contributed by atoms with Crippen LogP contribution in [0.1, 0.15) is 23.2 Å². The number of hydrogen-bond acceptors (Lipinski definition) is 4. The zero-order valence-electron chi connectivity index (χ0n) is 9.74. The molecule has 0 saturated carbocycles. The number of aliphatic hydroxyl groups is 1. The topological polar surface area (TPSA) is 51.6 Å². The maximum absolute atomic E-state index is 9.03. The van der Waals surface area contributed by atoms with E-state index < -0.39 is 0 Å². The van der Waals surface area contributed by atoms with Gasteiger partial charge in [0.25, 0.3) is 0 Å². The van der Waals surface area contributed by atoms with E-state index in [9.17, 15) is 0 Å². The van der Waals surface area contributed by atoms with Crippen molar-refractivity contribution in [3.8, 4) is 5.75 Å². The molecule has 0 bridgehead atoms. The summed E-state index contributed by atoms with van der Waals surface area (Å²) in [5, 5.41) is 9.03. The van der Waals surface area contributed by atoms with Crippen LogP contribution in [0.5, 0.6) is 5.75 Å². The lowest BCUT2D eigenvalue weighted by Crippen LogP contribution is -2.19. The molecular weight excluding hydrogens is 230 g/mol. The lowest BCUT2D eigenvalue weighted by molar-refractivity contribution is -0.113. The third-order valence-electron chi connectivity index (χ3n) is 2.83. The minimum atomic E-state index is -0.388. The second kappa shape index (κ2) is 4.76. The van der Waals surface area contributed by atoms with Gasteiger partial charge in [-0.2, -0.15) is 0 Å². The molecule has 0 spiro atoms. The number of ether oxygens (including phenoxy) is 2. The summed E-state index contributed by atoms with van der Waals surface area (Å²) in [6, 6.07) is 13.4. The van der Waals surface area contributed by atoms with Crippen LogP contribution in [0.15, 0.2) is 42.5 Å². The lowest BCUT2D eigenvalue weighted by Gasteiger charge is -2.26. The summed E-state index contributed by atoms with van der Waals surface area (Å²) in [7, 11) is 0. The van der Waals surface area contributed by atoms with Gasteiger partial charge in [0.1, 0.15) is 11.4 Å². The maximum atomic E-state index is 9.03. The van der Waals surface area contributed by atoms with Crippen molar-refractivity contribution in [2.24, 2.45) is 0 Å². The summed E-state index contributed by atoms with van der Waals surface area (Å²) in [6.45, 7) is 0.318.